The van der Waals surface area contributed by atoms with Gasteiger partial charge in [-0.15, -0.1) is 10.2 Å². The zero-order chi connectivity index (χ0) is 13.6. The van der Waals surface area contributed by atoms with E-state index < -0.39 is 0 Å². The number of hydrogen-bond donors (Lipinski definition) is 2. The van der Waals surface area contributed by atoms with Crippen molar-refractivity contribution >= 4 is 38.6 Å². The molecule has 2 aromatic rings. The average Bonchev–Trinajstić information content (AvgIpc) is 3.11. The van der Waals surface area contributed by atoms with Gasteiger partial charge in [-0.1, -0.05) is 6.92 Å². The molecule has 0 aliphatic heterocycles. The summed E-state index contributed by atoms with van der Waals surface area (Å²) in [5.41, 5.74) is -0.0634. The molecular formula is C12H11BrN4O2. The molecule has 1 amide bonds. The lowest BCUT2D eigenvalue weighted by Gasteiger charge is -2.04. The number of carbonyl (C=O) groups excluding carboxylic acids is 1. The topological polar surface area (TPSA) is 87.7 Å². The summed E-state index contributed by atoms with van der Waals surface area (Å²) in [5.74, 6) is 0.827. The number of aromatic nitrogens is 3. The summed E-state index contributed by atoms with van der Waals surface area (Å²) >= 11 is 3.33. The molecule has 1 saturated carbocycles. The number of carbonyl (C=O) groups is 1. The van der Waals surface area contributed by atoms with Gasteiger partial charge in [0, 0.05) is 22.0 Å². The zero-order valence-corrected chi connectivity index (χ0v) is 11.7. The number of H-pyrrole nitrogens is 1. The number of aromatic amines is 1. The van der Waals surface area contributed by atoms with Gasteiger partial charge in [-0.25, -0.2) is 0 Å². The molecule has 1 aliphatic rings. The van der Waals surface area contributed by atoms with Crippen LogP contribution in [0.2, 0.25) is 0 Å². The number of nitrogens with zero attached hydrogens (tertiary/aromatic N) is 2. The lowest BCUT2D eigenvalue weighted by atomic mass is 10.2. The lowest BCUT2D eigenvalue weighted by Crippen LogP contribution is -2.16. The van der Waals surface area contributed by atoms with Gasteiger partial charge >= 0.3 is 0 Å². The van der Waals surface area contributed by atoms with Crippen molar-refractivity contribution in [3.05, 3.63) is 27.1 Å². The number of pyridine rings is 1. The highest BCUT2D eigenvalue weighted by atomic mass is 79.9. The van der Waals surface area contributed by atoms with E-state index in [0.29, 0.717) is 21.6 Å². The van der Waals surface area contributed by atoms with Crippen LogP contribution < -0.4 is 10.9 Å². The molecule has 3 rings (SSSR count). The molecule has 2 aromatic heterocycles. The van der Waals surface area contributed by atoms with Gasteiger partial charge in [-0.2, -0.15) is 0 Å². The van der Waals surface area contributed by atoms with Crippen molar-refractivity contribution in [2.24, 2.45) is 11.8 Å². The van der Waals surface area contributed by atoms with Crippen LogP contribution >= 0.6 is 15.9 Å². The number of rotatable bonds is 2. The van der Waals surface area contributed by atoms with E-state index in [1.807, 2.05) is 6.92 Å². The molecule has 1 aliphatic carbocycles. The molecule has 7 heteroatoms. The highest BCUT2D eigenvalue weighted by Gasteiger charge is 2.39. The molecule has 0 aromatic carbocycles. The standard InChI is InChI=1S/C12H11BrN4O2/c1-5-2-6(5)11(18)15-9-3-7-8(13)4-14-12(19)10(7)17-16-9/h3-6H,2H2,1H3,(H,14,19)(H,15,16,18)/t5-,6+/m1/s1. The Labute approximate surface area is 116 Å². The molecule has 0 radical (unpaired) electrons. The van der Waals surface area contributed by atoms with Crippen molar-refractivity contribution in [1.82, 2.24) is 15.2 Å². The molecule has 6 nitrogen and oxygen atoms in total. The molecular weight excluding hydrogens is 312 g/mol. The smallest absolute Gasteiger partial charge is 0.276 e. The highest BCUT2D eigenvalue weighted by molar-refractivity contribution is 9.10. The summed E-state index contributed by atoms with van der Waals surface area (Å²) in [4.78, 5) is 25.9. The Morgan fingerprint density at radius 1 is 1.53 bits per heavy atom. The first-order chi connectivity index (χ1) is 9.06. The van der Waals surface area contributed by atoms with Gasteiger partial charge in [0.25, 0.3) is 5.56 Å². The van der Waals surface area contributed by atoms with Gasteiger partial charge in [0.2, 0.25) is 5.91 Å². The maximum atomic E-state index is 11.8. The van der Waals surface area contributed by atoms with Crippen molar-refractivity contribution in [1.29, 1.82) is 0 Å². The van der Waals surface area contributed by atoms with Gasteiger partial charge in [0.15, 0.2) is 11.3 Å². The van der Waals surface area contributed by atoms with Crippen LogP contribution in [0, 0.1) is 11.8 Å². The van der Waals surface area contributed by atoms with Crippen LogP contribution in [-0.2, 0) is 4.79 Å². The van der Waals surface area contributed by atoms with Crippen LogP contribution in [0.3, 0.4) is 0 Å². The number of amides is 1. The molecule has 0 spiro atoms. The van der Waals surface area contributed by atoms with Crippen molar-refractivity contribution < 1.29 is 4.79 Å². The fourth-order valence-electron chi connectivity index (χ4n) is 1.98. The second-order valence-corrected chi connectivity index (χ2v) is 5.62. The summed E-state index contributed by atoms with van der Waals surface area (Å²) in [7, 11) is 0. The largest absolute Gasteiger partial charge is 0.326 e. The highest BCUT2D eigenvalue weighted by Crippen LogP contribution is 2.38. The molecule has 19 heavy (non-hydrogen) atoms. The summed E-state index contributed by atoms with van der Waals surface area (Å²) in [6.07, 6.45) is 2.46. The summed E-state index contributed by atoms with van der Waals surface area (Å²) in [6, 6.07) is 1.65. The van der Waals surface area contributed by atoms with Crippen LogP contribution in [0.1, 0.15) is 13.3 Å². The maximum absolute atomic E-state index is 11.8. The second kappa shape index (κ2) is 4.41. The van der Waals surface area contributed by atoms with Gasteiger partial charge in [0.05, 0.1) is 0 Å². The van der Waals surface area contributed by atoms with Crippen LogP contribution in [0.25, 0.3) is 10.9 Å². The van der Waals surface area contributed by atoms with E-state index in [0.717, 1.165) is 6.42 Å². The van der Waals surface area contributed by atoms with Crippen molar-refractivity contribution in [3.8, 4) is 0 Å². The first kappa shape index (κ1) is 12.3. The second-order valence-electron chi connectivity index (χ2n) is 4.77. The fraction of sp³-hybridized carbons (Fsp3) is 0.333. The minimum atomic E-state index is -0.306. The number of anilines is 1. The third kappa shape index (κ3) is 2.25. The maximum Gasteiger partial charge on any atom is 0.276 e. The first-order valence-electron chi connectivity index (χ1n) is 5.91. The molecule has 1 fully saturated rings. The Balaban J connectivity index is 1.95. The Bertz CT molecular complexity index is 727. The molecule has 2 atom stereocenters. The van der Waals surface area contributed by atoms with Crippen molar-refractivity contribution in [3.63, 3.8) is 0 Å². The monoisotopic (exact) mass is 322 g/mol. The molecule has 0 unspecified atom stereocenters. The van der Waals surface area contributed by atoms with Crippen molar-refractivity contribution in [2.45, 2.75) is 13.3 Å². The molecule has 2 heterocycles. The van der Waals surface area contributed by atoms with Crippen LogP contribution in [0.15, 0.2) is 21.5 Å². The van der Waals surface area contributed by atoms with E-state index in [-0.39, 0.29) is 22.9 Å². The Morgan fingerprint density at radius 3 is 2.95 bits per heavy atom. The van der Waals surface area contributed by atoms with Crippen LogP contribution in [0.4, 0.5) is 5.82 Å². The van der Waals surface area contributed by atoms with Gasteiger partial charge in [0.1, 0.15) is 0 Å². The zero-order valence-electron chi connectivity index (χ0n) is 10.1. The van der Waals surface area contributed by atoms with E-state index >= 15 is 0 Å². The fourth-order valence-corrected chi connectivity index (χ4v) is 2.40. The molecule has 98 valence electrons. The Kier molecular flexibility index (Phi) is 2.85. The number of hydrogen-bond acceptors (Lipinski definition) is 4. The predicted molar refractivity (Wildman–Crippen MR) is 73.8 cm³/mol. The summed E-state index contributed by atoms with van der Waals surface area (Å²) < 4.78 is 0.701. The van der Waals surface area contributed by atoms with E-state index in [1.165, 1.54) is 0 Å². The van der Waals surface area contributed by atoms with E-state index in [2.05, 4.69) is 36.4 Å². The van der Waals surface area contributed by atoms with Gasteiger partial charge in [-0.3, -0.25) is 9.59 Å². The minimum absolute atomic E-state index is 0.0397. The number of nitrogens with one attached hydrogen (secondary N) is 2. The van der Waals surface area contributed by atoms with Crippen LogP contribution in [-0.4, -0.2) is 21.1 Å². The van der Waals surface area contributed by atoms with Gasteiger partial charge in [-0.05, 0) is 34.3 Å². The number of fused-ring (bicyclic) bond motifs is 1. The molecule has 0 saturated heterocycles. The molecule has 0 bridgehead atoms. The predicted octanol–water partition coefficient (Wildman–Crippen LogP) is 1.68. The van der Waals surface area contributed by atoms with Crippen molar-refractivity contribution in [2.75, 3.05) is 5.32 Å². The average molecular weight is 323 g/mol. The van der Waals surface area contributed by atoms with Gasteiger partial charge < -0.3 is 10.3 Å². The molecule has 2 N–H and O–H groups in total. The normalized spacial score (nSPS) is 21.4. The summed E-state index contributed by atoms with van der Waals surface area (Å²) in [5, 5.41) is 11.1. The van der Waals surface area contributed by atoms with E-state index in [4.69, 9.17) is 0 Å². The quantitative estimate of drug-likeness (QED) is 0.880. The third-order valence-corrected chi connectivity index (χ3v) is 3.95. The Morgan fingerprint density at radius 2 is 2.26 bits per heavy atom. The number of halogens is 1. The van der Waals surface area contributed by atoms with E-state index in [9.17, 15) is 9.59 Å². The lowest BCUT2D eigenvalue weighted by molar-refractivity contribution is -0.117. The first-order valence-corrected chi connectivity index (χ1v) is 6.71. The minimum Gasteiger partial charge on any atom is -0.326 e. The Hall–Kier alpha value is -1.76. The third-order valence-electron chi connectivity index (χ3n) is 3.29. The summed E-state index contributed by atoms with van der Waals surface area (Å²) in [6.45, 7) is 2.03. The van der Waals surface area contributed by atoms with E-state index in [1.54, 1.807) is 12.3 Å². The SMILES string of the molecule is C[C@@H]1C[C@@H]1C(=O)Nc1cc2c(Br)c[nH]c(=O)c2nn1. The van der Waals surface area contributed by atoms with Crippen LogP contribution in [0.5, 0.6) is 0 Å².